The summed E-state index contributed by atoms with van der Waals surface area (Å²) in [5, 5.41) is 3.55. The van der Waals surface area contributed by atoms with Crippen LogP contribution < -0.4 is 5.32 Å². The number of thiazole rings is 1. The standard InChI is InChI=1S/C12H14N2OS/c1-2-12-11(13-8-16-12)7-10(1)14-9-3-5-15-6-4-9/h1-2,7-9,14H,3-6H2. The molecule has 3 rings (SSSR count). The number of anilines is 1. The number of benzene rings is 1. The molecular formula is C12H14N2OS. The van der Waals surface area contributed by atoms with E-state index in [1.165, 1.54) is 10.4 Å². The Balaban J connectivity index is 1.77. The molecule has 0 radical (unpaired) electrons. The van der Waals surface area contributed by atoms with E-state index in [4.69, 9.17) is 4.74 Å². The number of hydrogen-bond donors (Lipinski definition) is 1. The van der Waals surface area contributed by atoms with Crippen LogP contribution in [0.25, 0.3) is 10.2 Å². The topological polar surface area (TPSA) is 34.2 Å². The summed E-state index contributed by atoms with van der Waals surface area (Å²) < 4.78 is 6.59. The zero-order valence-corrected chi connectivity index (χ0v) is 9.80. The molecule has 2 heterocycles. The molecule has 1 aromatic heterocycles. The minimum Gasteiger partial charge on any atom is -0.382 e. The predicted molar refractivity (Wildman–Crippen MR) is 67.1 cm³/mol. The van der Waals surface area contributed by atoms with Crippen LogP contribution in [0.1, 0.15) is 12.8 Å². The van der Waals surface area contributed by atoms with Crippen LogP contribution in [0, 0.1) is 0 Å². The lowest BCUT2D eigenvalue weighted by Gasteiger charge is -2.24. The van der Waals surface area contributed by atoms with Crippen molar-refractivity contribution in [3.63, 3.8) is 0 Å². The summed E-state index contributed by atoms with van der Waals surface area (Å²) >= 11 is 1.68. The third-order valence-corrected chi connectivity index (χ3v) is 3.73. The van der Waals surface area contributed by atoms with Gasteiger partial charge in [-0.25, -0.2) is 4.98 Å². The van der Waals surface area contributed by atoms with Crippen LogP contribution in [0.15, 0.2) is 23.7 Å². The second kappa shape index (κ2) is 4.39. The Kier molecular flexibility index (Phi) is 2.76. The fourth-order valence-corrected chi connectivity index (χ4v) is 2.68. The van der Waals surface area contributed by atoms with Gasteiger partial charge in [-0.1, -0.05) is 0 Å². The maximum atomic E-state index is 5.34. The van der Waals surface area contributed by atoms with Gasteiger partial charge in [0.25, 0.3) is 0 Å². The van der Waals surface area contributed by atoms with Crippen molar-refractivity contribution in [2.45, 2.75) is 18.9 Å². The first-order chi connectivity index (χ1) is 7.92. The Labute approximate surface area is 98.5 Å². The van der Waals surface area contributed by atoms with E-state index in [-0.39, 0.29) is 0 Å². The molecule has 0 spiro atoms. The van der Waals surface area contributed by atoms with Crippen molar-refractivity contribution in [1.82, 2.24) is 4.98 Å². The largest absolute Gasteiger partial charge is 0.382 e. The van der Waals surface area contributed by atoms with E-state index < -0.39 is 0 Å². The van der Waals surface area contributed by atoms with Crippen LogP contribution in [0.4, 0.5) is 5.69 Å². The minimum absolute atomic E-state index is 0.546. The predicted octanol–water partition coefficient (Wildman–Crippen LogP) is 2.89. The van der Waals surface area contributed by atoms with Gasteiger partial charge in [0.2, 0.25) is 0 Å². The van der Waals surface area contributed by atoms with Gasteiger partial charge in [0.05, 0.1) is 15.7 Å². The van der Waals surface area contributed by atoms with Gasteiger partial charge in [-0.15, -0.1) is 11.3 Å². The van der Waals surface area contributed by atoms with Gasteiger partial charge in [0, 0.05) is 24.9 Å². The molecule has 1 aliphatic heterocycles. The molecule has 1 N–H and O–H groups in total. The number of hydrogen-bond acceptors (Lipinski definition) is 4. The van der Waals surface area contributed by atoms with Crippen molar-refractivity contribution in [3.05, 3.63) is 23.7 Å². The van der Waals surface area contributed by atoms with Gasteiger partial charge in [-0.3, -0.25) is 0 Å². The SMILES string of the molecule is c1nc2cc(NC3CCOCC3)ccc2s1. The lowest BCUT2D eigenvalue weighted by Crippen LogP contribution is -2.27. The monoisotopic (exact) mass is 234 g/mol. The fraction of sp³-hybridized carbons (Fsp3) is 0.417. The minimum atomic E-state index is 0.546. The number of fused-ring (bicyclic) bond motifs is 1. The molecule has 1 aromatic carbocycles. The van der Waals surface area contributed by atoms with Crippen molar-refractivity contribution in [1.29, 1.82) is 0 Å². The lowest BCUT2D eigenvalue weighted by molar-refractivity contribution is 0.0904. The highest BCUT2D eigenvalue weighted by molar-refractivity contribution is 7.16. The van der Waals surface area contributed by atoms with Crippen LogP contribution in [0.5, 0.6) is 0 Å². The Morgan fingerprint density at radius 2 is 2.19 bits per heavy atom. The number of nitrogens with zero attached hydrogens (tertiary/aromatic N) is 1. The summed E-state index contributed by atoms with van der Waals surface area (Å²) in [5.74, 6) is 0. The zero-order chi connectivity index (χ0) is 10.8. The van der Waals surface area contributed by atoms with Crippen LogP contribution in [-0.4, -0.2) is 24.2 Å². The Bertz CT molecular complexity index is 477. The van der Waals surface area contributed by atoms with Gasteiger partial charge in [0.15, 0.2) is 0 Å². The molecule has 0 amide bonds. The fourth-order valence-electron chi connectivity index (χ4n) is 2.03. The summed E-state index contributed by atoms with van der Waals surface area (Å²) in [6, 6.07) is 6.94. The van der Waals surface area contributed by atoms with Crippen LogP contribution in [0.2, 0.25) is 0 Å². The summed E-state index contributed by atoms with van der Waals surface area (Å²) in [5.41, 5.74) is 4.15. The van der Waals surface area contributed by atoms with Gasteiger partial charge in [0.1, 0.15) is 0 Å². The molecule has 0 unspecified atom stereocenters. The maximum Gasteiger partial charge on any atom is 0.0832 e. The van der Waals surface area contributed by atoms with Gasteiger partial charge in [-0.2, -0.15) is 0 Å². The average molecular weight is 234 g/mol. The van der Waals surface area contributed by atoms with E-state index in [1.807, 2.05) is 5.51 Å². The van der Waals surface area contributed by atoms with E-state index in [0.29, 0.717) is 6.04 Å². The highest BCUT2D eigenvalue weighted by Crippen LogP contribution is 2.23. The Hall–Kier alpha value is -1.13. The van der Waals surface area contributed by atoms with Crippen molar-refractivity contribution < 1.29 is 4.74 Å². The van der Waals surface area contributed by atoms with E-state index in [1.54, 1.807) is 11.3 Å². The first-order valence-corrected chi connectivity index (χ1v) is 6.47. The molecule has 16 heavy (non-hydrogen) atoms. The number of ether oxygens (including phenoxy) is 1. The Morgan fingerprint density at radius 1 is 1.31 bits per heavy atom. The summed E-state index contributed by atoms with van der Waals surface area (Å²) in [4.78, 5) is 4.33. The molecule has 1 fully saturated rings. The number of nitrogens with one attached hydrogen (secondary N) is 1. The first-order valence-electron chi connectivity index (χ1n) is 5.59. The average Bonchev–Trinajstić information content (AvgIpc) is 2.77. The van der Waals surface area contributed by atoms with Crippen molar-refractivity contribution >= 4 is 27.2 Å². The van der Waals surface area contributed by atoms with Crippen LogP contribution in [0.3, 0.4) is 0 Å². The quantitative estimate of drug-likeness (QED) is 0.867. The summed E-state index contributed by atoms with van der Waals surface area (Å²) in [6.07, 6.45) is 2.18. The summed E-state index contributed by atoms with van der Waals surface area (Å²) in [7, 11) is 0. The molecule has 1 saturated heterocycles. The van der Waals surface area contributed by atoms with Crippen molar-refractivity contribution in [2.75, 3.05) is 18.5 Å². The van der Waals surface area contributed by atoms with Crippen LogP contribution in [-0.2, 0) is 4.74 Å². The highest BCUT2D eigenvalue weighted by Gasteiger charge is 2.13. The van der Waals surface area contributed by atoms with Crippen LogP contribution >= 0.6 is 11.3 Å². The van der Waals surface area contributed by atoms with E-state index in [2.05, 4.69) is 28.5 Å². The van der Waals surface area contributed by atoms with Crippen molar-refractivity contribution in [3.8, 4) is 0 Å². The molecule has 2 aromatic rings. The molecular weight excluding hydrogens is 220 g/mol. The number of rotatable bonds is 2. The Morgan fingerprint density at radius 3 is 3.06 bits per heavy atom. The van der Waals surface area contributed by atoms with E-state index in [9.17, 15) is 0 Å². The molecule has 1 aliphatic rings. The van der Waals surface area contributed by atoms with E-state index in [0.717, 1.165) is 31.6 Å². The zero-order valence-electron chi connectivity index (χ0n) is 8.98. The second-order valence-electron chi connectivity index (χ2n) is 4.07. The van der Waals surface area contributed by atoms with Gasteiger partial charge < -0.3 is 10.1 Å². The molecule has 0 saturated carbocycles. The molecule has 4 heteroatoms. The molecule has 0 aliphatic carbocycles. The number of aromatic nitrogens is 1. The molecule has 0 atom stereocenters. The smallest absolute Gasteiger partial charge is 0.0832 e. The third-order valence-electron chi connectivity index (χ3n) is 2.92. The second-order valence-corrected chi connectivity index (χ2v) is 4.95. The van der Waals surface area contributed by atoms with Gasteiger partial charge >= 0.3 is 0 Å². The lowest BCUT2D eigenvalue weighted by atomic mass is 10.1. The van der Waals surface area contributed by atoms with E-state index >= 15 is 0 Å². The summed E-state index contributed by atoms with van der Waals surface area (Å²) in [6.45, 7) is 1.74. The normalized spacial score (nSPS) is 17.8. The molecule has 84 valence electrons. The maximum absolute atomic E-state index is 5.34. The molecule has 3 nitrogen and oxygen atoms in total. The van der Waals surface area contributed by atoms with Gasteiger partial charge in [-0.05, 0) is 31.0 Å². The van der Waals surface area contributed by atoms with Crippen molar-refractivity contribution in [2.24, 2.45) is 0 Å². The first kappa shape index (κ1) is 10.1. The highest BCUT2D eigenvalue weighted by atomic mass is 32.1. The molecule has 0 bridgehead atoms. The third kappa shape index (κ3) is 2.03.